The van der Waals surface area contributed by atoms with Crippen LogP contribution < -0.4 is 5.32 Å². The van der Waals surface area contributed by atoms with Gasteiger partial charge in [-0.25, -0.2) is 4.98 Å². The molecule has 1 saturated heterocycles. The molecule has 0 amide bonds. The number of phenolic OH excluding ortho intramolecular Hbond substituents is 1. The number of phenols is 1. The molecule has 140 valence electrons. The number of piperidine rings is 1. The van der Waals surface area contributed by atoms with E-state index in [1.54, 1.807) is 23.3 Å². The average molecular weight is 363 g/mol. The molecule has 1 unspecified atom stereocenters. The molecule has 1 aliphatic rings. The summed E-state index contributed by atoms with van der Waals surface area (Å²) in [7, 11) is 0. The number of benzene rings is 1. The van der Waals surface area contributed by atoms with Gasteiger partial charge in [0.25, 0.3) is 0 Å². The van der Waals surface area contributed by atoms with Gasteiger partial charge in [-0.1, -0.05) is 12.5 Å². The molecular weight excluding hydrogens is 338 g/mol. The van der Waals surface area contributed by atoms with Crippen LogP contribution in [-0.2, 0) is 6.42 Å². The van der Waals surface area contributed by atoms with Crippen LogP contribution in [0.15, 0.2) is 43.1 Å². The Morgan fingerprint density at radius 1 is 1.11 bits per heavy atom. The molecule has 2 N–H and O–H groups in total. The average Bonchev–Trinajstić information content (AvgIpc) is 3.21. The maximum atomic E-state index is 10.2. The van der Waals surface area contributed by atoms with E-state index in [0.717, 1.165) is 47.5 Å². The predicted molar refractivity (Wildman–Crippen MR) is 105 cm³/mol. The number of aromatic hydroxyl groups is 1. The van der Waals surface area contributed by atoms with Crippen molar-refractivity contribution >= 4 is 0 Å². The van der Waals surface area contributed by atoms with Crippen LogP contribution in [0.4, 0.5) is 0 Å². The van der Waals surface area contributed by atoms with Gasteiger partial charge in [0.05, 0.1) is 0 Å². The van der Waals surface area contributed by atoms with E-state index in [-0.39, 0.29) is 0 Å². The van der Waals surface area contributed by atoms with Crippen LogP contribution in [0, 0.1) is 6.92 Å². The molecule has 3 heterocycles. The Labute approximate surface area is 159 Å². The van der Waals surface area contributed by atoms with Crippen LogP contribution >= 0.6 is 0 Å². The molecule has 6 heteroatoms. The van der Waals surface area contributed by atoms with Gasteiger partial charge in [-0.05, 0) is 74.0 Å². The van der Waals surface area contributed by atoms with E-state index in [0.29, 0.717) is 11.8 Å². The summed E-state index contributed by atoms with van der Waals surface area (Å²) in [4.78, 5) is 4.57. The Hall–Kier alpha value is -2.73. The van der Waals surface area contributed by atoms with Crippen molar-refractivity contribution in [2.45, 2.75) is 45.1 Å². The molecule has 0 radical (unpaired) electrons. The summed E-state index contributed by atoms with van der Waals surface area (Å²) in [5.41, 5.74) is 4.19. The Bertz CT molecular complexity index is 901. The van der Waals surface area contributed by atoms with Crippen molar-refractivity contribution in [2.75, 3.05) is 6.54 Å². The van der Waals surface area contributed by atoms with Crippen molar-refractivity contribution in [2.24, 2.45) is 0 Å². The highest BCUT2D eigenvalue weighted by Crippen LogP contribution is 2.28. The monoisotopic (exact) mass is 363 g/mol. The maximum Gasteiger partial charge on any atom is 0.142 e. The second-order valence-corrected chi connectivity index (χ2v) is 7.31. The van der Waals surface area contributed by atoms with Crippen molar-refractivity contribution in [3.05, 3.63) is 54.2 Å². The van der Waals surface area contributed by atoms with Crippen molar-refractivity contribution in [3.8, 4) is 22.7 Å². The third-order valence-electron chi connectivity index (χ3n) is 5.22. The molecule has 4 rings (SSSR count). The summed E-state index contributed by atoms with van der Waals surface area (Å²) in [5.74, 6) is 1.12. The lowest BCUT2D eigenvalue weighted by Crippen LogP contribution is -2.34. The number of rotatable bonds is 5. The molecule has 0 aliphatic carbocycles. The molecule has 2 aromatic heterocycles. The molecule has 0 spiro atoms. The highest BCUT2D eigenvalue weighted by Gasteiger charge is 2.13. The highest BCUT2D eigenvalue weighted by molar-refractivity contribution is 5.67. The molecule has 0 saturated carbocycles. The first-order chi connectivity index (χ1) is 13.2. The first-order valence-electron chi connectivity index (χ1n) is 9.57. The Morgan fingerprint density at radius 2 is 1.96 bits per heavy atom. The lowest BCUT2D eigenvalue weighted by atomic mass is 9.96. The van der Waals surface area contributed by atoms with Gasteiger partial charge >= 0.3 is 0 Å². The molecule has 1 aromatic carbocycles. The predicted octanol–water partition coefficient (Wildman–Crippen LogP) is 3.42. The van der Waals surface area contributed by atoms with E-state index in [1.165, 1.54) is 19.3 Å². The fraction of sp³-hybridized carbons (Fsp3) is 0.381. The Balaban J connectivity index is 1.54. The number of nitrogens with zero attached hydrogens (tertiary/aromatic N) is 4. The molecule has 27 heavy (non-hydrogen) atoms. The molecule has 3 aromatic rings. The first-order valence-corrected chi connectivity index (χ1v) is 9.57. The first kappa shape index (κ1) is 17.7. The second kappa shape index (κ2) is 7.88. The molecule has 1 aliphatic heterocycles. The quantitative estimate of drug-likeness (QED) is 0.726. The van der Waals surface area contributed by atoms with Crippen LogP contribution in [0.3, 0.4) is 0 Å². The molecule has 0 bridgehead atoms. The molecule has 1 fully saturated rings. The maximum absolute atomic E-state index is 10.2. The van der Waals surface area contributed by atoms with E-state index in [2.05, 4.69) is 32.6 Å². The lowest BCUT2D eigenvalue weighted by Gasteiger charge is -2.23. The fourth-order valence-electron chi connectivity index (χ4n) is 3.80. The minimum atomic E-state index is 0.305. The number of aromatic nitrogens is 4. The number of aryl methyl sites for hydroxylation is 2. The number of hydrogen-bond donors (Lipinski definition) is 2. The van der Waals surface area contributed by atoms with Gasteiger partial charge in [0, 0.05) is 17.8 Å². The van der Waals surface area contributed by atoms with E-state index >= 15 is 0 Å². The third kappa shape index (κ3) is 4.17. The van der Waals surface area contributed by atoms with Gasteiger partial charge in [0.15, 0.2) is 0 Å². The van der Waals surface area contributed by atoms with Gasteiger partial charge < -0.3 is 10.4 Å². The topological polar surface area (TPSA) is 75.9 Å². The minimum absolute atomic E-state index is 0.305. The number of pyridine rings is 1. The van der Waals surface area contributed by atoms with E-state index in [4.69, 9.17) is 0 Å². The lowest BCUT2D eigenvalue weighted by molar-refractivity contribution is 0.382. The Kier molecular flexibility index (Phi) is 5.16. The van der Waals surface area contributed by atoms with Crippen molar-refractivity contribution in [1.29, 1.82) is 0 Å². The van der Waals surface area contributed by atoms with Gasteiger partial charge in [0.2, 0.25) is 0 Å². The van der Waals surface area contributed by atoms with Gasteiger partial charge in [-0.2, -0.15) is 0 Å². The second-order valence-electron chi connectivity index (χ2n) is 7.31. The zero-order valence-corrected chi connectivity index (χ0v) is 15.6. The van der Waals surface area contributed by atoms with Crippen LogP contribution in [0.1, 0.15) is 36.8 Å². The smallest absolute Gasteiger partial charge is 0.142 e. The minimum Gasteiger partial charge on any atom is -0.508 e. The summed E-state index contributed by atoms with van der Waals surface area (Å²) in [6.45, 7) is 3.14. The molecule has 1 atom stereocenters. The highest BCUT2D eigenvalue weighted by atomic mass is 16.3. The fourth-order valence-corrected chi connectivity index (χ4v) is 3.80. The SMILES string of the molecule is Cc1cc(-c2cc(O)cc(CCC3CCCCN3)c2)cnc1-n1cnnc1. The van der Waals surface area contributed by atoms with Gasteiger partial charge in [-0.3, -0.25) is 4.57 Å². The third-order valence-corrected chi connectivity index (χ3v) is 5.22. The van der Waals surface area contributed by atoms with Crippen LogP contribution in [0.5, 0.6) is 5.75 Å². The van der Waals surface area contributed by atoms with Gasteiger partial charge in [0.1, 0.15) is 24.2 Å². The molecular formula is C21H25N5O. The zero-order valence-electron chi connectivity index (χ0n) is 15.6. The number of nitrogens with one attached hydrogen (secondary N) is 1. The van der Waals surface area contributed by atoms with Crippen molar-refractivity contribution in [3.63, 3.8) is 0 Å². The standard InChI is InChI=1S/C21H25N5O/c1-15-8-18(12-23-21(15)26-13-24-25-14-26)17-9-16(10-20(27)11-17)5-6-19-4-2-3-7-22-19/h8-14,19,22,27H,2-7H2,1H3. The number of hydrogen-bond acceptors (Lipinski definition) is 5. The summed E-state index contributed by atoms with van der Waals surface area (Å²) < 4.78 is 1.80. The molecule has 6 nitrogen and oxygen atoms in total. The van der Waals surface area contributed by atoms with Crippen LogP contribution in [0.25, 0.3) is 16.9 Å². The van der Waals surface area contributed by atoms with Crippen molar-refractivity contribution < 1.29 is 5.11 Å². The van der Waals surface area contributed by atoms with E-state index in [1.807, 2.05) is 19.2 Å². The summed E-state index contributed by atoms with van der Waals surface area (Å²) >= 11 is 0. The Morgan fingerprint density at radius 3 is 2.70 bits per heavy atom. The van der Waals surface area contributed by atoms with Crippen molar-refractivity contribution in [1.82, 2.24) is 25.1 Å². The summed E-state index contributed by atoms with van der Waals surface area (Å²) in [6, 6.07) is 8.52. The summed E-state index contributed by atoms with van der Waals surface area (Å²) in [6.07, 6.45) is 11.0. The normalized spacial score (nSPS) is 17.1. The van der Waals surface area contributed by atoms with Crippen LogP contribution in [-0.4, -0.2) is 37.4 Å². The van der Waals surface area contributed by atoms with Crippen LogP contribution in [0.2, 0.25) is 0 Å². The largest absolute Gasteiger partial charge is 0.508 e. The van der Waals surface area contributed by atoms with E-state index < -0.39 is 0 Å². The van der Waals surface area contributed by atoms with Gasteiger partial charge in [-0.15, -0.1) is 10.2 Å². The zero-order chi connectivity index (χ0) is 18.6. The summed E-state index contributed by atoms with van der Waals surface area (Å²) in [5, 5.41) is 21.5. The van der Waals surface area contributed by atoms with E-state index in [9.17, 15) is 5.11 Å².